The van der Waals surface area contributed by atoms with Gasteiger partial charge in [0.1, 0.15) is 5.75 Å². The maximum Gasteiger partial charge on any atom is 0.119 e. The number of aryl methyl sites for hydroxylation is 1. The minimum atomic E-state index is 0.874. The summed E-state index contributed by atoms with van der Waals surface area (Å²) in [5.41, 5.74) is 8.15. The number of aromatic nitrogens is 1. The van der Waals surface area contributed by atoms with Gasteiger partial charge in [0.2, 0.25) is 0 Å². The Bertz CT molecular complexity index is 1360. The average Bonchev–Trinajstić information content (AvgIpc) is 2.89. The first-order chi connectivity index (χ1) is 15.8. The summed E-state index contributed by atoms with van der Waals surface area (Å²) in [7, 11) is 1.67. The van der Waals surface area contributed by atoms with Crippen LogP contribution in [0.1, 0.15) is 24.0 Å². The monoisotopic (exact) mass is 417 g/mol. The second-order valence-corrected chi connectivity index (χ2v) is 8.23. The van der Waals surface area contributed by atoms with Gasteiger partial charge in [-0.3, -0.25) is 4.98 Å². The van der Waals surface area contributed by atoms with Crippen molar-refractivity contribution < 1.29 is 4.74 Å². The molecule has 6 rings (SSSR count). The van der Waals surface area contributed by atoms with Gasteiger partial charge in [-0.25, -0.2) is 0 Å². The van der Waals surface area contributed by atoms with E-state index in [0.29, 0.717) is 0 Å². The highest BCUT2D eigenvalue weighted by Gasteiger charge is 2.13. The molecule has 0 bridgehead atoms. The first kappa shape index (κ1) is 20.3. The molecule has 32 heavy (non-hydrogen) atoms. The summed E-state index contributed by atoms with van der Waals surface area (Å²) in [6.07, 6.45) is 13.3. The van der Waals surface area contributed by atoms with Gasteiger partial charge in [-0.15, -0.1) is 0 Å². The van der Waals surface area contributed by atoms with E-state index in [1.54, 1.807) is 19.5 Å². The highest BCUT2D eigenvalue weighted by molar-refractivity contribution is 5.74. The molecule has 2 nitrogen and oxygen atoms in total. The van der Waals surface area contributed by atoms with Crippen molar-refractivity contribution in [3.63, 3.8) is 0 Å². The second kappa shape index (κ2) is 9.23. The van der Waals surface area contributed by atoms with Crippen LogP contribution in [0.2, 0.25) is 0 Å². The lowest BCUT2D eigenvalue weighted by atomic mass is 9.87. The molecule has 0 unspecified atom stereocenters. The molecule has 0 amide bonds. The lowest BCUT2D eigenvalue weighted by Crippen LogP contribution is -2.33. The molecule has 0 N–H and O–H groups in total. The number of ether oxygens (including phenoxy) is 1. The number of methoxy groups -OCH3 is 1. The lowest BCUT2D eigenvalue weighted by Gasteiger charge is -2.17. The van der Waals surface area contributed by atoms with Crippen molar-refractivity contribution in [2.75, 3.05) is 7.11 Å². The topological polar surface area (TPSA) is 22.1 Å². The van der Waals surface area contributed by atoms with E-state index in [1.165, 1.54) is 52.0 Å². The van der Waals surface area contributed by atoms with Crippen LogP contribution in [0.3, 0.4) is 0 Å². The zero-order valence-electron chi connectivity index (χ0n) is 18.4. The van der Waals surface area contributed by atoms with E-state index in [1.807, 2.05) is 30.3 Å². The fraction of sp³-hybridized carbons (Fsp3) is 0.167. The van der Waals surface area contributed by atoms with Gasteiger partial charge in [0.25, 0.3) is 0 Å². The summed E-state index contributed by atoms with van der Waals surface area (Å²) < 4.78 is 5.16. The number of hydrogen-bond donors (Lipinski definition) is 0. The Morgan fingerprint density at radius 2 is 1.59 bits per heavy atom. The van der Waals surface area contributed by atoms with E-state index in [4.69, 9.17) is 4.74 Å². The molecule has 0 aliphatic heterocycles. The Labute approximate surface area is 189 Å². The number of fused-ring (bicyclic) bond motifs is 5. The lowest BCUT2D eigenvalue weighted by molar-refractivity contribution is 0.415. The van der Waals surface area contributed by atoms with Crippen molar-refractivity contribution in [1.82, 2.24) is 4.98 Å². The summed E-state index contributed by atoms with van der Waals surface area (Å²) in [5.74, 6) is 0.874. The van der Waals surface area contributed by atoms with Crippen molar-refractivity contribution in [2.24, 2.45) is 0 Å². The third kappa shape index (κ3) is 4.09. The molecule has 0 saturated carbocycles. The van der Waals surface area contributed by atoms with Gasteiger partial charge in [0.05, 0.1) is 7.11 Å². The zero-order valence-corrected chi connectivity index (χ0v) is 18.4. The van der Waals surface area contributed by atoms with E-state index in [2.05, 4.69) is 59.6 Å². The Morgan fingerprint density at radius 1 is 0.719 bits per heavy atom. The smallest absolute Gasteiger partial charge is 0.119 e. The molecular formula is C30H27NO. The maximum absolute atomic E-state index is 5.16. The van der Waals surface area contributed by atoms with Gasteiger partial charge in [0, 0.05) is 12.4 Å². The van der Waals surface area contributed by atoms with Gasteiger partial charge in [-0.2, -0.15) is 0 Å². The van der Waals surface area contributed by atoms with Crippen molar-refractivity contribution in [3.05, 3.63) is 107 Å². The van der Waals surface area contributed by atoms with Crippen LogP contribution in [-0.4, -0.2) is 12.1 Å². The average molecular weight is 418 g/mol. The van der Waals surface area contributed by atoms with Crippen molar-refractivity contribution in [3.8, 4) is 28.0 Å². The summed E-state index contributed by atoms with van der Waals surface area (Å²) in [4.78, 5) is 3.98. The van der Waals surface area contributed by atoms with Crippen LogP contribution in [0, 0.1) is 0 Å². The SMILES string of the molecule is C1=c2c(ccc3c2=CCc2ccccc2-3)CCC1.COc1cccc(-c2ccncc2)c1. The third-order valence-corrected chi connectivity index (χ3v) is 6.29. The Balaban J connectivity index is 0.000000140. The van der Waals surface area contributed by atoms with E-state index in [-0.39, 0.29) is 0 Å². The highest BCUT2D eigenvalue weighted by Crippen LogP contribution is 2.25. The van der Waals surface area contributed by atoms with E-state index < -0.39 is 0 Å². The van der Waals surface area contributed by atoms with E-state index in [0.717, 1.165) is 23.3 Å². The minimum Gasteiger partial charge on any atom is -0.497 e. The molecule has 0 atom stereocenters. The number of pyridine rings is 1. The van der Waals surface area contributed by atoms with Crippen molar-refractivity contribution >= 4 is 12.2 Å². The van der Waals surface area contributed by atoms with Crippen molar-refractivity contribution in [2.45, 2.75) is 25.7 Å². The Hall–Kier alpha value is -3.65. The molecule has 2 aliphatic carbocycles. The molecule has 0 radical (unpaired) electrons. The number of benzene rings is 3. The predicted octanol–water partition coefficient (Wildman–Crippen LogP) is 5.56. The first-order valence-electron chi connectivity index (χ1n) is 11.3. The molecule has 4 aromatic rings. The number of rotatable bonds is 2. The van der Waals surface area contributed by atoms with Crippen LogP contribution in [0.4, 0.5) is 0 Å². The highest BCUT2D eigenvalue weighted by atomic mass is 16.5. The standard InChI is InChI=1S/C18H16.C12H11NO/c1-3-7-15-13(5-1)9-11-18-16-8-4-2-6-14(16)10-12-17(15)18;1-14-12-4-2-3-11(9-12)10-5-7-13-8-6-10/h1,3,5,7-8,10-12H,2,4,6,9H2;2-9H,1H3. The van der Waals surface area contributed by atoms with Crippen LogP contribution < -0.4 is 15.2 Å². The van der Waals surface area contributed by atoms with Crippen LogP contribution in [0.15, 0.2) is 85.2 Å². The quantitative estimate of drug-likeness (QED) is 0.426. The van der Waals surface area contributed by atoms with E-state index in [9.17, 15) is 0 Å². The summed E-state index contributed by atoms with van der Waals surface area (Å²) in [5, 5.41) is 2.99. The third-order valence-electron chi connectivity index (χ3n) is 6.29. The van der Waals surface area contributed by atoms with Crippen LogP contribution in [-0.2, 0) is 12.8 Å². The largest absolute Gasteiger partial charge is 0.497 e. The molecule has 0 spiro atoms. The van der Waals surface area contributed by atoms with Gasteiger partial charge in [-0.05, 0) is 93.8 Å². The fourth-order valence-electron chi connectivity index (χ4n) is 4.65. The molecular weight excluding hydrogens is 390 g/mol. The molecule has 1 aromatic heterocycles. The number of hydrogen-bond acceptors (Lipinski definition) is 2. The van der Waals surface area contributed by atoms with Gasteiger partial charge in [0.15, 0.2) is 0 Å². The molecule has 0 saturated heterocycles. The normalized spacial score (nSPS) is 13.2. The Kier molecular flexibility index (Phi) is 5.85. The van der Waals surface area contributed by atoms with Gasteiger partial charge in [-0.1, -0.05) is 60.7 Å². The predicted molar refractivity (Wildman–Crippen MR) is 133 cm³/mol. The van der Waals surface area contributed by atoms with Gasteiger partial charge < -0.3 is 4.74 Å². The number of nitrogens with zero attached hydrogens (tertiary/aromatic N) is 1. The van der Waals surface area contributed by atoms with Crippen molar-refractivity contribution in [1.29, 1.82) is 0 Å². The summed E-state index contributed by atoms with van der Waals surface area (Å²) >= 11 is 0. The Morgan fingerprint density at radius 3 is 2.47 bits per heavy atom. The van der Waals surface area contributed by atoms with Gasteiger partial charge >= 0.3 is 0 Å². The maximum atomic E-state index is 5.16. The molecule has 3 aromatic carbocycles. The van der Waals surface area contributed by atoms with Crippen LogP contribution in [0.5, 0.6) is 5.75 Å². The second-order valence-electron chi connectivity index (χ2n) is 8.23. The molecule has 2 heteroatoms. The zero-order chi connectivity index (χ0) is 21.8. The molecule has 1 heterocycles. The fourth-order valence-corrected chi connectivity index (χ4v) is 4.65. The van der Waals surface area contributed by atoms with Crippen LogP contribution >= 0.6 is 0 Å². The molecule has 158 valence electrons. The minimum absolute atomic E-state index is 0.874. The van der Waals surface area contributed by atoms with Crippen LogP contribution in [0.25, 0.3) is 34.4 Å². The summed E-state index contributed by atoms with van der Waals surface area (Å²) in [6.45, 7) is 0. The summed E-state index contributed by atoms with van der Waals surface area (Å²) in [6, 6.07) is 25.4. The molecule has 0 fully saturated rings. The first-order valence-corrected chi connectivity index (χ1v) is 11.3. The van der Waals surface area contributed by atoms with E-state index >= 15 is 0 Å². The molecule has 2 aliphatic rings.